The van der Waals surface area contributed by atoms with Gasteiger partial charge in [0.25, 0.3) is 0 Å². The molecule has 1 heterocycles. The van der Waals surface area contributed by atoms with E-state index in [-0.39, 0.29) is 5.75 Å². The molecule has 0 aliphatic heterocycles. The minimum absolute atomic E-state index is 0.0406. The summed E-state index contributed by atoms with van der Waals surface area (Å²) in [6.07, 6.45) is 0.773. The third-order valence-electron chi connectivity index (χ3n) is 3.04. The predicted molar refractivity (Wildman–Crippen MR) is 73.4 cm³/mol. The van der Waals surface area contributed by atoms with E-state index < -0.39 is 5.63 Å². The van der Waals surface area contributed by atoms with Crippen LogP contribution in [-0.4, -0.2) is 5.11 Å². The van der Waals surface area contributed by atoms with E-state index in [9.17, 15) is 9.90 Å². The van der Waals surface area contributed by atoms with Crippen molar-refractivity contribution in [3.05, 3.63) is 76.1 Å². The molecule has 0 aliphatic carbocycles. The maximum Gasteiger partial charge on any atom is 0.339 e. The van der Waals surface area contributed by atoms with E-state index in [0.29, 0.717) is 11.0 Å². The van der Waals surface area contributed by atoms with Crippen LogP contribution < -0.4 is 5.63 Å². The van der Waals surface area contributed by atoms with Crippen molar-refractivity contribution in [3.8, 4) is 5.75 Å². The Morgan fingerprint density at radius 3 is 2.53 bits per heavy atom. The van der Waals surface area contributed by atoms with Gasteiger partial charge in [0, 0.05) is 0 Å². The van der Waals surface area contributed by atoms with Crippen LogP contribution in [0.15, 0.2) is 63.8 Å². The van der Waals surface area contributed by atoms with Gasteiger partial charge in [0.2, 0.25) is 0 Å². The lowest BCUT2D eigenvalue weighted by Crippen LogP contribution is -1.96. The Balaban J connectivity index is 2.05. The lowest BCUT2D eigenvalue weighted by atomic mass is 10.0. The Kier molecular flexibility index (Phi) is 2.80. The maximum atomic E-state index is 11.2. The van der Waals surface area contributed by atoms with Crippen molar-refractivity contribution >= 4 is 11.0 Å². The molecular formula is C16H12O3. The molecule has 3 heteroatoms. The Hall–Kier alpha value is -2.55. The number of benzene rings is 2. The monoisotopic (exact) mass is 252 g/mol. The van der Waals surface area contributed by atoms with E-state index in [0.717, 1.165) is 18.1 Å². The van der Waals surface area contributed by atoms with E-state index >= 15 is 0 Å². The summed E-state index contributed by atoms with van der Waals surface area (Å²) in [7, 11) is 0. The van der Waals surface area contributed by atoms with Crippen LogP contribution in [0.1, 0.15) is 11.1 Å². The molecule has 0 radical (unpaired) electrons. The van der Waals surface area contributed by atoms with Gasteiger partial charge in [-0.25, -0.2) is 4.79 Å². The smallest absolute Gasteiger partial charge is 0.339 e. The van der Waals surface area contributed by atoms with Gasteiger partial charge in [0.05, 0.1) is 11.5 Å². The third kappa shape index (κ3) is 2.36. The van der Waals surface area contributed by atoms with Crippen molar-refractivity contribution in [3.63, 3.8) is 0 Å². The molecule has 1 N–H and O–H groups in total. The third-order valence-corrected chi connectivity index (χ3v) is 3.04. The van der Waals surface area contributed by atoms with Gasteiger partial charge >= 0.3 is 5.63 Å². The first-order valence-electron chi connectivity index (χ1n) is 6.02. The van der Waals surface area contributed by atoms with Gasteiger partial charge < -0.3 is 9.52 Å². The number of hydrogen-bond acceptors (Lipinski definition) is 3. The van der Waals surface area contributed by atoms with Crippen molar-refractivity contribution in [2.24, 2.45) is 0 Å². The summed E-state index contributed by atoms with van der Waals surface area (Å²) in [5.74, 6) is -0.0406. The molecule has 0 aliphatic rings. The van der Waals surface area contributed by atoms with Gasteiger partial charge in [-0.3, -0.25) is 0 Å². The molecule has 94 valence electrons. The van der Waals surface area contributed by atoms with Crippen LogP contribution >= 0.6 is 0 Å². The number of hydrogen-bond donors (Lipinski definition) is 1. The van der Waals surface area contributed by atoms with Gasteiger partial charge in [0.1, 0.15) is 11.3 Å². The molecule has 19 heavy (non-hydrogen) atoms. The summed E-state index contributed by atoms with van der Waals surface area (Å²) in [6.45, 7) is 0. The Bertz CT molecular complexity index is 773. The Labute approximate surface area is 109 Å². The van der Waals surface area contributed by atoms with Gasteiger partial charge in [-0.05, 0) is 29.7 Å². The second kappa shape index (κ2) is 4.61. The topological polar surface area (TPSA) is 50.4 Å². The van der Waals surface area contributed by atoms with Crippen LogP contribution in [0.2, 0.25) is 0 Å². The zero-order chi connectivity index (χ0) is 13.2. The molecule has 3 aromatic rings. The molecular weight excluding hydrogens is 240 g/mol. The zero-order valence-electron chi connectivity index (χ0n) is 10.2. The first-order chi connectivity index (χ1) is 9.22. The number of rotatable bonds is 2. The summed E-state index contributed by atoms with van der Waals surface area (Å²) in [6, 6.07) is 16.6. The zero-order valence-corrected chi connectivity index (χ0v) is 10.2. The van der Waals surface area contributed by atoms with E-state index in [1.807, 2.05) is 30.3 Å². The summed E-state index contributed by atoms with van der Waals surface area (Å²) < 4.78 is 5.03. The second-order valence-corrected chi connectivity index (χ2v) is 4.44. The SMILES string of the molecule is O=c1cc(O)c2cc(Cc3ccccc3)ccc2o1. The summed E-state index contributed by atoms with van der Waals surface area (Å²) in [4.78, 5) is 11.2. The molecule has 3 nitrogen and oxygen atoms in total. The van der Waals surface area contributed by atoms with Gasteiger partial charge in [-0.1, -0.05) is 36.4 Å². The van der Waals surface area contributed by atoms with Crippen LogP contribution in [0.3, 0.4) is 0 Å². The molecule has 0 spiro atoms. The van der Waals surface area contributed by atoms with E-state index in [4.69, 9.17) is 4.42 Å². The highest BCUT2D eigenvalue weighted by Crippen LogP contribution is 2.24. The van der Waals surface area contributed by atoms with E-state index in [1.165, 1.54) is 5.56 Å². The van der Waals surface area contributed by atoms with E-state index in [1.54, 1.807) is 6.07 Å². The van der Waals surface area contributed by atoms with Crippen LogP contribution in [-0.2, 0) is 6.42 Å². The maximum absolute atomic E-state index is 11.2. The normalized spacial score (nSPS) is 10.7. The molecule has 0 fully saturated rings. The minimum Gasteiger partial charge on any atom is -0.507 e. The summed E-state index contributed by atoms with van der Waals surface area (Å²) in [5.41, 5.74) is 2.11. The van der Waals surface area contributed by atoms with Crippen LogP contribution in [0.25, 0.3) is 11.0 Å². The quantitative estimate of drug-likeness (QED) is 0.713. The molecule has 0 amide bonds. The Morgan fingerprint density at radius 2 is 1.74 bits per heavy atom. The fourth-order valence-corrected chi connectivity index (χ4v) is 2.14. The summed E-state index contributed by atoms with van der Waals surface area (Å²) >= 11 is 0. The predicted octanol–water partition coefficient (Wildman–Crippen LogP) is 3.09. The van der Waals surface area contributed by atoms with Crippen LogP contribution in [0, 0.1) is 0 Å². The lowest BCUT2D eigenvalue weighted by molar-refractivity contribution is 0.468. The fraction of sp³-hybridized carbons (Fsp3) is 0.0625. The molecule has 0 saturated carbocycles. The first kappa shape index (κ1) is 11.5. The molecule has 2 aromatic carbocycles. The number of fused-ring (bicyclic) bond motifs is 1. The van der Waals surface area contributed by atoms with Crippen LogP contribution in [0.5, 0.6) is 5.75 Å². The highest BCUT2D eigenvalue weighted by Gasteiger charge is 2.05. The van der Waals surface area contributed by atoms with Crippen LogP contribution in [0.4, 0.5) is 0 Å². The fourth-order valence-electron chi connectivity index (χ4n) is 2.14. The summed E-state index contributed by atoms with van der Waals surface area (Å²) in [5, 5.41) is 10.3. The number of aromatic hydroxyl groups is 1. The highest BCUT2D eigenvalue weighted by molar-refractivity contribution is 5.83. The first-order valence-corrected chi connectivity index (χ1v) is 6.02. The van der Waals surface area contributed by atoms with Gasteiger partial charge in [-0.2, -0.15) is 0 Å². The van der Waals surface area contributed by atoms with Crippen molar-refractivity contribution in [1.29, 1.82) is 0 Å². The van der Waals surface area contributed by atoms with E-state index in [2.05, 4.69) is 12.1 Å². The van der Waals surface area contributed by atoms with Crippen molar-refractivity contribution in [2.75, 3.05) is 0 Å². The minimum atomic E-state index is -0.541. The molecule has 3 rings (SSSR count). The molecule has 0 atom stereocenters. The van der Waals surface area contributed by atoms with Crippen molar-refractivity contribution in [1.82, 2.24) is 0 Å². The van der Waals surface area contributed by atoms with Gasteiger partial charge in [0.15, 0.2) is 0 Å². The molecule has 1 aromatic heterocycles. The molecule has 0 unspecified atom stereocenters. The standard InChI is InChI=1S/C16H12O3/c17-14-10-16(18)19-15-7-6-12(9-13(14)15)8-11-4-2-1-3-5-11/h1-7,9-10,17H,8H2. The lowest BCUT2D eigenvalue weighted by Gasteiger charge is -2.04. The highest BCUT2D eigenvalue weighted by atomic mass is 16.4. The average molecular weight is 252 g/mol. The molecule has 0 bridgehead atoms. The van der Waals surface area contributed by atoms with Crippen molar-refractivity contribution in [2.45, 2.75) is 6.42 Å². The Morgan fingerprint density at radius 1 is 0.947 bits per heavy atom. The van der Waals surface area contributed by atoms with Crippen molar-refractivity contribution < 1.29 is 9.52 Å². The second-order valence-electron chi connectivity index (χ2n) is 4.44. The average Bonchev–Trinajstić information content (AvgIpc) is 2.40. The van der Waals surface area contributed by atoms with Gasteiger partial charge in [-0.15, -0.1) is 0 Å². The largest absolute Gasteiger partial charge is 0.507 e. The molecule has 0 saturated heterocycles.